The minimum absolute atomic E-state index is 0.0940. The van der Waals surface area contributed by atoms with Gasteiger partial charge in [0.2, 0.25) is 10.0 Å². The van der Waals surface area contributed by atoms with Crippen LogP contribution in [0, 0.1) is 0 Å². The third-order valence-corrected chi connectivity index (χ3v) is 10.8. The lowest BCUT2D eigenvalue weighted by Gasteiger charge is -2.37. The fraction of sp³-hybridized carbons (Fsp3) is 0.464. The smallest absolute Gasteiger partial charge is 0.358 e. The second kappa shape index (κ2) is 13.1. The average Bonchev–Trinajstić information content (AvgIpc) is 3.36. The lowest BCUT2D eigenvalue weighted by atomic mass is 9.87. The zero-order valence-electron chi connectivity index (χ0n) is 23.1. The molecular formula is C28H34ClF4N5O2S2. The molecule has 2 saturated heterocycles. The van der Waals surface area contributed by atoms with Crippen molar-refractivity contribution in [3.05, 3.63) is 86.9 Å². The highest BCUT2D eigenvalue weighted by molar-refractivity contribution is 7.89. The Morgan fingerprint density at radius 2 is 2.00 bits per heavy atom. The number of nitrogens with two attached hydrogens (primary N) is 1. The first kappa shape index (κ1) is 32.6. The Labute approximate surface area is 252 Å². The zero-order valence-corrected chi connectivity index (χ0v) is 25.4. The summed E-state index contributed by atoms with van der Waals surface area (Å²) in [5.41, 5.74) is 7.84. The molecule has 1 aromatic carbocycles. The molecule has 5 atom stereocenters. The van der Waals surface area contributed by atoms with Crippen molar-refractivity contribution in [3.63, 3.8) is 0 Å². The molecule has 7 nitrogen and oxygen atoms in total. The van der Waals surface area contributed by atoms with Crippen LogP contribution in [0.2, 0.25) is 5.02 Å². The Morgan fingerprint density at radius 1 is 1.31 bits per heavy atom. The summed E-state index contributed by atoms with van der Waals surface area (Å²) < 4.78 is 81.9. The van der Waals surface area contributed by atoms with Crippen molar-refractivity contribution in [1.29, 1.82) is 0 Å². The van der Waals surface area contributed by atoms with E-state index in [1.165, 1.54) is 16.6 Å². The molecule has 0 aliphatic carbocycles. The number of nitrogens with zero attached hydrogens (tertiary/aromatic N) is 2. The highest BCUT2D eigenvalue weighted by Gasteiger charge is 2.39. The first-order chi connectivity index (χ1) is 19.7. The van der Waals surface area contributed by atoms with Gasteiger partial charge in [0.25, 0.3) is 0 Å². The van der Waals surface area contributed by atoms with E-state index in [2.05, 4.69) is 28.8 Å². The predicted octanol–water partition coefficient (Wildman–Crippen LogP) is 5.68. The highest BCUT2D eigenvalue weighted by Crippen LogP contribution is 2.37. The summed E-state index contributed by atoms with van der Waals surface area (Å²) in [5, 5.41) is 7.10. The van der Waals surface area contributed by atoms with Crippen LogP contribution in [0.3, 0.4) is 0 Å². The van der Waals surface area contributed by atoms with Crippen molar-refractivity contribution in [3.8, 4) is 0 Å². The van der Waals surface area contributed by atoms with Gasteiger partial charge in [0.15, 0.2) is 5.01 Å². The maximum absolute atomic E-state index is 14.8. The number of rotatable bonds is 10. The second-order valence-electron chi connectivity index (χ2n) is 10.6. The number of nitrogens with one attached hydrogen (secondary N) is 2. The largest absolute Gasteiger partial charge is 0.443 e. The van der Waals surface area contributed by atoms with E-state index in [0.29, 0.717) is 47.9 Å². The van der Waals surface area contributed by atoms with Gasteiger partial charge in [-0.25, -0.2) is 17.8 Å². The van der Waals surface area contributed by atoms with Crippen LogP contribution in [0.1, 0.15) is 54.8 Å². The zero-order chi connectivity index (χ0) is 30.8. The first-order valence-corrected chi connectivity index (χ1v) is 16.3. The Morgan fingerprint density at radius 3 is 2.62 bits per heavy atom. The molecule has 1 unspecified atom stereocenters. The number of thiazole rings is 1. The second-order valence-corrected chi connectivity index (χ2v) is 13.9. The number of halogens is 5. The van der Waals surface area contributed by atoms with Crippen LogP contribution in [0.25, 0.3) is 0 Å². The van der Waals surface area contributed by atoms with Gasteiger partial charge in [-0.2, -0.15) is 17.5 Å². The van der Waals surface area contributed by atoms with E-state index in [9.17, 15) is 26.0 Å². The molecule has 0 amide bonds. The molecular weight excluding hydrogens is 614 g/mol. The van der Waals surface area contributed by atoms with Crippen molar-refractivity contribution >= 4 is 33.0 Å². The summed E-state index contributed by atoms with van der Waals surface area (Å²) in [7, 11) is -3.40. The van der Waals surface area contributed by atoms with Crippen LogP contribution in [0.15, 0.2) is 65.6 Å². The van der Waals surface area contributed by atoms with E-state index in [-0.39, 0.29) is 46.9 Å². The molecule has 0 radical (unpaired) electrons. The Balaban J connectivity index is 1.50. The van der Waals surface area contributed by atoms with Crippen LogP contribution in [-0.4, -0.2) is 54.7 Å². The van der Waals surface area contributed by atoms with Gasteiger partial charge in [0, 0.05) is 58.5 Å². The molecule has 1 aromatic heterocycles. The molecule has 2 fully saturated rings. The van der Waals surface area contributed by atoms with Crippen LogP contribution in [0.5, 0.6) is 0 Å². The molecule has 0 saturated carbocycles. The normalized spacial score (nSPS) is 24.2. The summed E-state index contributed by atoms with van der Waals surface area (Å²) in [6.07, 6.45) is -2.67. The van der Waals surface area contributed by atoms with Crippen LogP contribution in [0.4, 0.5) is 17.6 Å². The fourth-order valence-electron chi connectivity index (χ4n) is 5.43. The molecule has 2 aromatic rings. The fourth-order valence-corrected chi connectivity index (χ4v) is 8.09. The van der Waals surface area contributed by atoms with E-state index in [1.54, 1.807) is 24.3 Å². The van der Waals surface area contributed by atoms with Crippen LogP contribution >= 0.6 is 22.9 Å². The van der Waals surface area contributed by atoms with Crippen molar-refractivity contribution in [1.82, 2.24) is 19.9 Å². The predicted molar refractivity (Wildman–Crippen MR) is 158 cm³/mol. The SMILES string of the molecule is C=C(NC(=C)[C@@H](N)[C@@H](c1ccc(Cl)cc1)c1csc(C(F)(F)F)n1)/C(CC[C@H]1CN[C@@H]2CCCS(=O)(=O)N1C2)=C(\C)F. The molecule has 4 N–H and O–H groups in total. The van der Waals surface area contributed by atoms with Gasteiger partial charge in [-0.15, -0.1) is 11.3 Å². The van der Waals surface area contributed by atoms with Crippen molar-refractivity contribution < 1.29 is 26.0 Å². The number of sulfonamides is 1. The van der Waals surface area contributed by atoms with E-state index in [0.717, 1.165) is 6.42 Å². The molecule has 42 heavy (non-hydrogen) atoms. The van der Waals surface area contributed by atoms with Gasteiger partial charge in [0.1, 0.15) is 5.83 Å². The summed E-state index contributed by atoms with van der Waals surface area (Å²) in [6, 6.07) is 5.30. The molecule has 4 rings (SSSR count). The Bertz CT molecular complexity index is 1440. The van der Waals surface area contributed by atoms with Gasteiger partial charge >= 0.3 is 6.18 Å². The summed E-state index contributed by atoms with van der Waals surface area (Å²) in [6.45, 7) is 10.1. The van der Waals surface area contributed by atoms with E-state index in [1.807, 2.05) is 0 Å². The number of benzene rings is 1. The molecule has 14 heteroatoms. The Kier molecular flexibility index (Phi) is 10.2. The summed E-state index contributed by atoms with van der Waals surface area (Å²) in [4.78, 5) is 3.81. The van der Waals surface area contributed by atoms with Crippen molar-refractivity contribution in [2.75, 3.05) is 18.8 Å². The minimum atomic E-state index is -4.61. The summed E-state index contributed by atoms with van der Waals surface area (Å²) >= 11 is 6.49. The van der Waals surface area contributed by atoms with Crippen molar-refractivity contribution in [2.45, 2.75) is 62.8 Å². The van der Waals surface area contributed by atoms with Crippen LogP contribution in [-0.2, 0) is 16.2 Å². The topological polar surface area (TPSA) is 100 Å². The lowest BCUT2D eigenvalue weighted by molar-refractivity contribution is -0.137. The van der Waals surface area contributed by atoms with E-state index >= 15 is 0 Å². The third kappa shape index (κ3) is 7.61. The average molecular weight is 648 g/mol. The van der Waals surface area contributed by atoms with Gasteiger partial charge in [-0.05, 0) is 50.3 Å². The van der Waals surface area contributed by atoms with E-state index < -0.39 is 39.0 Å². The molecule has 0 spiro atoms. The number of fused-ring (bicyclic) bond motifs is 2. The van der Waals surface area contributed by atoms with Crippen LogP contribution < -0.4 is 16.4 Å². The number of hydrogen-bond acceptors (Lipinski definition) is 7. The first-order valence-electron chi connectivity index (χ1n) is 13.4. The number of allylic oxidation sites excluding steroid dienone is 2. The highest BCUT2D eigenvalue weighted by atomic mass is 35.5. The quantitative estimate of drug-likeness (QED) is 0.227. The van der Waals surface area contributed by atoms with Gasteiger partial charge < -0.3 is 16.4 Å². The number of aromatic nitrogens is 1. The van der Waals surface area contributed by atoms with Gasteiger partial charge in [-0.1, -0.05) is 36.9 Å². The number of hydrogen-bond donors (Lipinski definition) is 3. The molecule has 2 bridgehead atoms. The maximum atomic E-state index is 14.8. The monoisotopic (exact) mass is 647 g/mol. The van der Waals surface area contributed by atoms with Crippen molar-refractivity contribution in [2.24, 2.45) is 5.73 Å². The summed E-state index contributed by atoms with van der Waals surface area (Å²) in [5.74, 6) is -1.23. The molecule has 2 aliphatic heterocycles. The standard InChI is InChI=1S/C28H34ClF4N5O2S2/c1-16(30)23(11-10-22-13-35-21-5-4-12-42(39,40)38(22)14-21)17(2)36-18(3)26(34)25(19-6-8-20(29)9-7-19)24-15-41-27(37-24)28(31,32)33/h6-9,15,21-22,25-26,35-36H,2-5,10-14,34H2,1H3/b23-16+/t21-,22+,25+,26-/m1/s1. The van der Waals surface area contributed by atoms with Gasteiger partial charge in [-0.3, -0.25) is 0 Å². The molecule has 2 aliphatic rings. The number of alkyl halides is 3. The maximum Gasteiger partial charge on any atom is 0.443 e. The Hall–Kier alpha value is -2.29. The minimum Gasteiger partial charge on any atom is -0.358 e. The molecule has 3 heterocycles. The van der Waals surface area contributed by atoms with E-state index in [4.69, 9.17) is 17.3 Å². The lowest BCUT2D eigenvalue weighted by Crippen LogP contribution is -2.57. The molecule has 230 valence electrons. The van der Waals surface area contributed by atoms with Gasteiger partial charge in [0.05, 0.1) is 17.5 Å². The number of piperazine rings is 1. The third-order valence-electron chi connectivity index (χ3n) is 7.65.